The van der Waals surface area contributed by atoms with Crippen molar-refractivity contribution in [2.24, 2.45) is 0 Å². The molecule has 3 aliphatic rings. The maximum Gasteiger partial charge on any atom is 0.262 e. The van der Waals surface area contributed by atoms with Crippen LogP contribution in [0, 0.1) is 0 Å². The van der Waals surface area contributed by atoms with Crippen LogP contribution in [-0.2, 0) is 16.1 Å². The SMILES string of the molecule is O=C1CCC(N2C(=O)c3ccc(CN4CC=C(c5ncnc6scc(-c7ccccc7)c56)CC4)cc3C2=O)C(=O)N1. The minimum Gasteiger partial charge on any atom is -0.295 e. The average Bonchev–Trinajstić information content (AvgIpc) is 3.53. The first kappa shape index (κ1) is 25.4. The summed E-state index contributed by atoms with van der Waals surface area (Å²) in [6.07, 6.45) is 4.91. The van der Waals surface area contributed by atoms with Crippen LogP contribution < -0.4 is 5.32 Å². The smallest absolute Gasteiger partial charge is 0.262 e. The number of carbonyl (C=O) groups is 4. The van der Waals surface area contributed by atoms with Gasteiger partial charge in [0.2, 0.25) is 11.8 Å². The summed E-state index contributed by atoms with van der Waals surface area (Å²) >= 11 is 1.63. The minimum atomic E-state index is -0.965. The molecule has 10 heteroatoms. The van der Waals surface area contributed by atoms with E-state index in [9.17, 15) is 19.2 Å². The summed E-state index contributed by atoms with van der Waals surface area (Å²) in [6, 6.07) is 14.6. The van der Waals surface area contributed by atoms with Crippen LogP contribution in [0.2, 0.25) is 0 Å². The first-order valence-electron chi connectivity index (χ1n) is 13.5. The second-order valence-corrected chi connectivity index (χ2v) is 11.3. The third kappa shape index (κ3) is 4.45. The first-order chi connectivity index (χ1) is 20.0. The summed E-state index contributed by atoms with van der Waals surface area (Å²) in [4.78, 5) is 63.6. The number of piperidine rings is 1. The lowest BCUT2D eigenvalue weighted by molar-refractivity contribution is -0.136. The van der Waals surface area contributed by atoms with Gasteiger partial charge in [-0.3, -0.25) is 34.3 Å². The normalized spacial score (nSPS) is 19.5. The fourth-order valence-corrected chi connectivity index (χ4v) is 6.81. The second-order valence-electron chi connectivity index (χ2n) is 10.5. The Hall–Kier alpha value is -4.54. The van der Waals surface area contributed by atoms with Gasteiger partial charge in [-0.25, -0.2) is 9.97 Å². The minimum absolute atomic E-state index is 0.0973. The summed E-state index contributed by atoms with van der Waals surface area (Å²) in [5.74, 6) is -1.97. The van der Waals surface area contributed by atoms with Gasteiger partial charge >= 0.3 is 0 Å². The maximum absolute atomic E-state index is 13.2. The van der Waals surface area contributed by atoms with E-state index >= 15 is 0 Å². The van der Waals surface area contributed by atoms with Gasteiger partial charge in [-0.2, -0.15) is 0 Å². The summed E-state index contributed by atoms with van der Waals surface area (Å²) < 4.78 is 0. The fraction of sp³-hybridized carbons (Fsp3) is 0.226. The first-order valence-corrected chi connectivity index (χ1v) is 14.4. The summed E-state index contributed by atoms with van der Waals surface area (Å²) in [7, 11) is 0. The van der Waals surface area contributed by atoms with E-state index in [2.05, 4.69) is 38.8 Å². The number of fused-ring (bicyclic) bond motifs is 2. The lowest BCUT2D eigenvalue weighted by Gasteiger charge is -2.27. The van der Waals surface area contributed by atoms with Crippen LogP contribution in [0.3, 0.4) is 0 Å². The number of carbonyl (C=O) groups excluding carboxylic acids is 4. The third-order valence-electron chi connectivity index (χ3n) is 7.96. The number of aromatic nitrogens is 2. The van der Waals surface area contributed by atoms with Gasteiger partial charge in [0.25, 0.3) is 11.8 Å². The van der Waals surface area contributed by atoms with Crippen molar-refractivity contribution in [3.8, 4) is 11.1 Å². The van der Waals surface area contributed by atoms with Crippen LogP contribution in [0.1, 0.15) is 51.2 Å². The van der Waals surface area contributed by atoms with Gasteiger partial charge in [0.05, 0.1) is 16.8 Å². The van der Waals surface area contributed by atoms with Crippen LogP contribution in [0.15, 0.2) is 66.3 Å². The molecular formula is C31H25N5O4S. The van der Waals surface area contributed by atoms with E-state index in [-0.39, 0.29) is 18.7 Å². The molecule has 204 valence electrons. The number of imide groups is 2. The van der Waals surface area contributed by atoms with E-state index in [0.29, 0.717) is 17.7 Å². The molecule has 1 saturated heterocycles. The molecule has 1 fully saturated rings. The lowest BCUT2D eigenvalue weighted by atomic mass is 9.97. The van der Waals surface area contributed by atoms with Crippen LogP contribution in [0.5, 0.6) is 0 Å². The van der Waals surface area contributed by atoms with Gasteiger partial charge in [0.15, 0.2) is 0 Å². The molecule has 9 nitrogen and oxygen atoms in total. The molecule has 4 aromatic rings. The molecule has 3 aliphatic heterocycles. The standard InChI is InChI=1S/C31H25N5O4S/c37-25-9-8-24(28(38)34-25)36-30(39)21-7-6-18(14-22(21)31(36)40)15-35-12-10-20(11-13-35)27-26-23(19-4-2-1-3-5-19)16-41-29(26)33-17-32-27/h1-7,10,14,16-17,24H,8-9,11-13,15H2,(H,34,37,38). The van der Waals surface area contributed by atoms with Crippen molar-refractivity contribution >= 4 is 50.8 Å². The Kier molecular flexibility index (Phi) is 6.29. The predicted octanol–water partition coefficient (Wildman–Crippen LogP) is 4.05. The van der Waals surface area contributed by atoms with Crippen molar-refractivity contribution < 1.29 is 19.2 Å². The Labute approximate surface area is 239 Å². The summed E-state index contributed by atoms with van der Waals surface area (Å²) in [5.41, 5.74) is 5.98. The molecule has 4 amide bonds. The zero-order valence-electron chi connectivity index (χ0n) is 22.0. The van der Waals surface area contributed by atoms with Crippen LogP contribution in [0.25, 0.3) is 26.9 Å². The lowest BCUT2D eigenvalue weighted by Crippen LogP contribution is -2.54. The van der Waals surface area contributed by atoms with Gasteiger partial charge in [0.1, 0.15) is 17.2 Å². The Balaban J connectivity index is 1.09. The molecule has 41 heavy (non-hydrogen) atoms. The van der Waals surface area contributed by atoms with Crippen molar-refractivity contribution in [3.05, 3.63) is 88.7 Å². The molecule has 1 unspecified atom stereocenters. The highest BCUT2D eigenvalue weighted by Gasteiger charge is 2.44. The maximum atomic E-state index is 13.2. The zero-order valence-corrected chi connectivity index (χ0v) is 22.8. The second kappa shape index (κ2) is 10.1. The molecule has 7 rings (SSSR count). The third-order valence-corrected chi connectivity index (χ3v) is 8.85. The number of thiophene rings is 1. The van der Waals surface area contributed by atoms with E-state index in [1.807, 2.05) is 24.3 Å². The van der Waals surface area contributed by atoms with Gasteiger partial charge < -0.3 is 0 Å². The Bertz CT molecular complexity index is 1780. The van der Waals surface area contributed by atoms with E-state index < -0.39 is 23.8 Å². The number of rotatable bonds is 5. The van der Waals surface area contributed by atoms with Crippen LogP contribution in [0.4, 0.5) is 0 Å². The van der Waals surface area contributed by atoms with Gasteiger partial charge in [-0.05, 0) is 41.7 Å². The van der Waals surface area contributed by atoms with E-state index in [0.717, 1.165) is 57.0 Å². The fourth-order valence-electron chi connectivity index (χ4n) is 5.89. The number of nitrogens with one attached hydrogen (secondary N) is 1. The Morgan fingerprint density at radius 2 is 1.76 bits per heavy atom. The van der Waals surface area contributed by atoms with Crippen molar-refractivity contribution in [1.29, 1.82) is 0 Å². The van der Waals surface area contributed by atoms with Gasteiger partial charge in [0, 0.05) is 42.4 Å². The molecule has 2 aromatic carbocycles. The Morgan fingerprint density at radius 3 is 2.54 bits per heavy atom. The highest BCUT2D eigenvalue weighted by molar-refractivity contribution is 7.17. The Morgan fingerprint density at radius 1 is 0.927 bits per heavy atom. The number of hydrogen-bond donors (Lipinski definition) is 1. The van der Waals surface area contributed by atoms with Crippen molar-refractivity contribution in [1.82, 2.24) is 25.1 Å². The molecule has 0 aliphatic carbocycles. The molecule has 0 radical (unpaired) electrons. The molecule has 0 spiro atoms. The van der Waals surface area contributed by atoms with Gasteiger partial charge in [-0.1, -0.05) is 42.5 Å². The molecule has 5 heterocycles. The summed E-state index contributed by atoms with van der Waals surface area (Å²) in [5, 5.41) is 5.47. The molecule has 2 aromatic heterocycles. The number of hydrogen-bond acceptors (Lipinski definition) is 8. The number of nitrogens with zero attached hydrogens (tertiary/aromatic N) is 4. The predicted molar refractivity (Wildman–Crippen MR) is 154 cm³/mol. The molecule has 0 saturated carbocycles. The zero-order chi connectivity index (χ0) is 28.1. The quantitative estimate of drug-likeness (QED) is 0.365. The topological polar surface area (TPSA) is 113 Å². The number of amides is 4. The number of benzene rings is 2. The molecule has 1 atom stereocenters. The van der Waals surface area contributed by atoms with E-state index in [4.69, 9.17) is 4.98 Å². The largest absolute Gasteiger partial charge is 0.295 e. The van der Waals surface area contributed by atoms with E-state index in [1.165, 1.54) is 5.57 Å². The van der Waals surface area contributed by atoms with Crippen LogP contribution >= 0.6 is 11.3 Å². The monoisotopic (exact) mass is 563 g/mol. The van der Waals surface area contributed by atoms with Crippen molar-refractivity contribution in [2.45, 2.75) is 31.8 Å². The average molecular weight is 564 g/mol. The molecule has 0 bridgehead atoms. The summed E-state index contributed by atoms with van der Waals surface area (Å²) in [6.45, 7) is 2.15. The van der Waals surface area contributed by atoms with Crippen LogP contribution in [-0.4, -0.2) is 62.5 Å². The van der Waals surface area contributed by atoms with E-state index in [1.54, 1.807) is 29.8 Å². The highest BCUT2D eigenvalue weighted by Crippen LogP contribution is 2.38. The molecular weight excluding hydrogens is 538 g/mol. The molecule has 1 N–H and O–H groups in total. The van der Waals surface area contributed by atoms with Crippen molar-refractivity contribution in [2.75, 3.05) is 13.1 Å². The van der Waals surface area contributed by atoms with Crippen molar-refractivity contribution in [3.63, 3.8) is 0 Å². The highest BCUT2D eigenvalue weighted by atomic mass is 32.1. The van der Waals surface area contributed by atoms with Gasteiger partial charge in [-0.15, -0.1) is 11.3 Å².